The maximum Gasteiger partial charge on any atom is 0.401 e. The first kappa shape index (κ1) is 24.0. The molecule has 6 rings (SSSR count). The van der Waals surface area contributed by atoms with Gasteiger partial charge in [-0.3, -0.25) is 4.68 Å². The van der Waals surface area contributed by atoms with Crippen LogP contribution < -0.4 is 5.32 Å². The molecule has 0 radical (unpaired) electrons. The molecule has 37 heavy (non-hydrogen) atoms. The molecule has 1 aliphatic heterocycles. The van der Waals surface area contributed by atoms with Crippen LogP contribution in [0.3, 0.4) is 0 Å². The SMILES string of the molecule is CO[C@H]1Cn2cc(-c3cc(Nc4ccnn4C)ncc3Cl)cc2-c2nnc(C3(C(F)(F)F)CCC3)n2C1. The van der Waals surface area contributed by atoms with E-state index in [1.807, 2.05) is 36.0 Å². The molecular formula is C24H24ClF3N8O. The third-order valence-electron chi connectivity index (χ3n) is 7.42. The quantitative estimate of drug-likeness (QED) is 0.391. The molecule has 1 fully saturated rings. The lowest BCUT2D eigenvalue weighted by Crippen LogP contribution is -2.50. The minimum atomic E-state index is -4.40. The Labute approximate surface area is 215 Å². The van der Waals surface area contributed by atoms with Crippen LogP contribution in [0.15, 0.2) is 36.8 Å². The van der Waals surface area contributed by atoms with Crippen molar-refractivity contribution in [1.82, 2.24) is 34.1 Å². The Morgan fingerprint density at radius 1 is 1.19 bits per heavy atom. The maximum absolute atomic E-state index is 14.2. The average molecular weight is 533 g/mol. The fraction of sp³-hybridized carbons (Fsp3) is 0.417. The third-order valence-corrected chi connectivity index (χ3v) is 7.72. The van der Waals surface area contributed by atoms with Crippen LogP contribution in [0.25, 0.3) is 22.6 Å². The Hall–Kier alpha value is -3.38. The van der Waals surface area contributed by atoms with Gasteiger partial charge in [0.1, 0.15) is 22.9 Å². The van der Waals surface area contributed by atoms with Crippen molar-refractivity contribution in [2.24, 2.45) is 7.05 Å². The average Bonchev–Trinajstić information content (AvgIpc) is 3.51. The van der Waals surface area contributed by atoms with Crippen molar-refractivity contribution < 1.29 is 17.9 Å². The van der Waals surface area contributed by atoms with E-state index < -0.39 is 11.6 Å². The summed E-state index contributed by atoms with van der Waals surface area (Å²) in [5.41, 5.74) is 0.173. The lowest BCUT2D eigenvalue weighted by Gasteiger charge is -2.42. The number of ether oxygens (including phenoxy) is 1. The summed E-state index contributed by atoms with van der Waals surface area (Å²) in [7, 11) is 3.37. The minimum absolute atomic E-state index is 0.0115. The fourth-order valence-electron chi connectivity index (χ4n) is 5.17. The number of anilines is 2. The summed E-state index contributed by atoms with van der Waals surface area (Å²) in [5.74, 6) is 1.67. The second-order valence-electron chi connectivity index (χ2n) is 9.53. The van der Waals surface area contributed by atoms with Gasteiger partial charge in [-0.1, -0.05) is 18.0 Å². The van der Waals surface area contributed by atoms with E-state index in [0.717, 1.165) is 11.4 Å². The number of hydrogen-bond acceptors (Lipinski definition) is 6. The number of aromatic nitrogens is 7. The fourth-order valence-corrected chi connectivity index (χ4v) is 5.38. The van der Waals surface area contributed by atoms with E-state index in [2.05, 4.69) is 25.6 Å². The van der Waals surface area contributed by atoms with Gasteiger partial charge in [0.25, 0.3) is 0 Å². The zero-order valence-corrected chi connectivity index (χ0v) is 20.9. The molecule has 1 atom stereocenters. The number of nitrogens with one attached hydrogen (secondary N) is 1. The van der Waals surface area contributed by atoms with E-state index in [1.165, 1.54) is 0 Å². The highest BCUT2D eigenvalue weighted by atomic mass is 35.5. The Morgan fingerprint density at radius 2 is 2.00 bits per heavy atom. The highest BCUT2D eigenvalue weighted by Gasteiger charge is 2.62. The van der Waals surface area contributed by atoms with Gasteiger partial charge in [-0.25, -0.2) is 4.98 Å². The van der Waals surface area contributed by atoms with E-state index in [1.54, 1.807) is 28.8 Å². The first-order valence-electron chi connectivity index (χ1n) is 11.8. The zero-order valence-electron chi connectivity index (χ0n) is 20.1. The van der Waals surface area contributed by atoms with Gasteiger partial charge >= 0.3 is 6.18 Å². The molecule has 1 saturated carbocycles. The summed E-state index contributed by atoms with van der Waals surface area (Å²) < 4.78 is 53.4. The first-order valence-corrected chi connectivity index (χ1v) is 12.2. The van der Waals surface area contributed by atoms with Crippen molar-refractivity contribution in [2.45, 2.75) is 50.0 Å². The van der Waals surface area contributed by atoms with Gasteiger partial charge in [0.2, 0.25) is 0 Å². The standard InChI is InChI=1S/C24H24ClF3N8O/c1-34-20(4-7-30-34)31-19-9-16(17(25)10-29-19)14-8-18-21-32-33-22(23(5-3-6-23)24(26,27)28)36(21)13-15(37-2)12-35(18)11-14/h4,7-11,15H,3,5-6,12-13H2,1-2H3,(H,29,31)/t15-/m0/s1. The molecule has 0 saturated heterocycles. The lowest BCUT2D eigenvalue weighted by atomic mass is 9.67. The maximum atomic E-state index is 14.2. The molecule has 2 aliphatic rings. The predicted molar refractivity (Wildman–Crippen MR) is 131 cm³/mol. The number of alkyl halides is 3. The topological polar surface area (TPSA) is 87.6 Å². The number of fused-ring (bicyclic) bond motifs is 3. The van der Waals surface area contributed by atoms with Crippen molar-refractivity contribution in [3.05, 3.63) is 47.6 Å². The molecule has 1 N–H and O–H groups in total. The first-order chi connectivity index (χ1) is 17.7. The molecule has 4 aromatic heterocycles. The summed E-state index contributed by atoms with van der Waals surface area (Å²) in [6, 6.07) is 5.52. The molecule has 0 unspecified atom stereocenters. The molecule has 5 heterocycles. The molecule has 0 spiro atoms. The lowest BCUT2D eigenvalue weighted by molar-refractivity contribution is -0.216. The van der Waals surface area contributed by atoms with Crippen LogP contribution in [0.2, 0.25) is 5.02 Å². The van der Waals surface area contributed by atoms with E-state index in [-0.39, 0.29) is 31.3 Å². The van der Waals surface area contributed by atoms with Gasteiger partial charge in [-0.2, -0.15) is 18.3 Å². The van der Waals surface area contributed by atoms with Crippen molar-refractivity contribution in [2.75, 3.05) is 12.4 Å². The normalized spacial score (nSPS) is 18.6. The highest BCUT2D eigenvalue weighted by molar-refractivity contribution is 6.33. The van der Waals surface area contributed by atoms with Crippen molar-refractivity contribution in [1.29, 1.82) is 0 Å². The molecule has 0 bridgehead atoms. The molecule has 194 valence electrons. The largest absolute Gasteiger partial charge is 0.401 e. The van der Waals surface area contributed by atoms with Gasteiger partial charge in [-0.15, -0.1) is 10.2 Å². The van der Waals surface area contributed by atoms with Gasteiger partial charge in [0.15, 0.2) is 5.82 Å². The summed E-state index contributed by atoms with van der Waals surface area (Å²) >= 11 is 6.54. The van der Waals surface area contributed by atoms with Crippen LogP contribution in [0, 0.1) is 0 Å². The molecule has 0 aromatic carbocycles. The van der Waals surface area contributed by atoms with Crippen LogP contribution >= 0.6 is 11.6 Å². The van der Waals surface area contributed by atoms with E-state index in [0.29, 0.717) is 40.9 Å². The molecular weight excluding hydrogens is 509 g/mol. The number of aryl methyl sites for hydroxylation is 1. The number of hydrogen-bond donors (Lipinski definition) is 1. The molecule has 13 heteroatoms. The monoisotopic (exact) mass is 532 g/mol. The van der Waals surface area contributed by atoms with Crippen LogP contribution in [0.1, 0.15) is 25.1 Å². The molecule has 9 nitrogen and oxygen atoms in total. The van der Waals surface area contributed by atoms with Gasteiger partial charge < -0.3 is 19.2 Å². The van der Waals surface area contributed by atoms with Crippen molar-refractivity contribution in [3.8, 4) is 22.6 Å². The minimum Gasteiger partial charge on any atom is -0.378 e. The molecule has 4 aromatic rings. The van der Waals surface area contributed by atoms with Crippen LogP contribution in [0.5, 0.6) is 0 Å². The number of pyridine rings is 1. The highest BCUT2D eigenvalue weighted by Crippen LogP contribution is 2.54. The van der Waals surface area contributed by atoms with E-state index in [4.69, 9.17) is 16.3 Å². The summed E-state index contributed by atoms with van der Waals surface area (Å²) in [5, 5.41) is 16.2. The number of methoxy groups -OCH3 is 1. The molecule has 1 aliphatic carbocycles. The van der Waals surface area contributed by atoms with Crippen LogP contribution in [0.4, 0.5) is 24.8 Å². The second-order valence-corrected chi connectivity index (χ2v) is 9.94. The number of rotatable bonds is 5. The van der Waals surface area contributed by atoms with Crippen LogP contribution in [-0.2, 0) is 30.3 Å². The Morgan fingerprint density at radius 3 is 2.65 bits per heavy atom. The third kappa shape index (κ3) is 3.81. The van der Waals surface area contributed by atoms with Crippen molar-refractivity contribution in [3.63, 3.8) is 0 Å². The second kappa shape index (κ2) is 8.59. The van der Waals surface area contributed by atoms with Crippen LogP contribution in [-0.4, -0.2) is 53.5 Å². The van der Waals surface area contributed by atoms with Crippen molar-refractivity contribution >= 4 is 23.2 Å². The van der Waals surface area contributed by atoms with E-state index >= 15 is 0 Å². The van der Waals surface area contributed by atoms with Gasteiger partial charge in [-0.05, 0) is 25.0 Å². The Kier molecular flexibility index (Phi) is 5.57. The summed E-state index contributed by atoms with van der Waals surface area (Å²) in [6.45, 7) is 0.675. The zero-order chi connectivity index (χ0) is 25.9. The summed E-state index contributed by atoms with van der Waals surface area (Å²) in [4.78, 5) is 4.36. The Balaban J connectivity index is 1.43. The van der Waals surface area contributed by atoms with E-state index in [9.17, 15) is 13.2 Å². The molecule has 0 amide bonds. The van der Waals surface area contributed by atoms with Gasteiger partial charge in [0.05, 0.1) is 36.1 Å². The number of nitrogens with zero attached hydrogens (tertiary/aromatic N) is 7. The smallest absolute Gasteiger partial charge is 0.378 e. The van der Waals surface area contributed by atoms with Gasteiger partial charge in [0, 0.05) is 43.7 Å². The Bertz CT molecular complexity index is 1470. The predicted octanol–water partition coefficient (Wildman–Crippen LogP) is 4.95. The number of halogens is 4. The summed E-state index contributed by atoms with van der Waals surface area (Å²) in [6.07, 6.45) is 0.895.